The molecular formula is C11H12BrNS. The maximum atomic E-state index is 4.54. The summed E-state index contributed by atoms with van der Waals surface area (Å²) in [6.45, 7) is 3.05. The molecule has 3 heteroatoms. The molecule has 0 fully saturated rings. The van der Waals surface area contributed by atoms with Crippen molar-refractivity contribution in [3.8, 4) is 0 Å². The normalized spacial score (nSPS) is 21.0. The highest BCUT2D eigenvalue weighted by molar-refractivity contribution is 9.09. The van der Waals surface area contributed by atoms with Crippen LogP contribution in [-0.2, 0) is 0 Å². The van der Waals surface area contributed by atoms with Crippen LogP contribution in [0.25, 0.3) is 0 Å². The number of benzene rings is 1. The molecule has 0 saturated carbocycles. The molecule has 2 rings (SSSR count). The Hall–Kier alpha value is -0.280. The van der Waals surface area contributed by atoms with Gasteiger partial charge in [-0.2, -0.15) is 0 Å². The average Bonchev–Trinajstić information content (AvgIpc) is 2.67. The summed E-state index contributed by atoms with van der Waals surface area (Å²) in [7, 11) is 0. The van der Waals surface area contributed by atoms with E-state index >= 15 is 0 Å². The summed E-state index contributed by atoms with van der Waals surface area (Å²) < 4.78 is 0. The molecule has 0 aliphatic carbocycles. The molecular weight excluding hydrogens is 258 g/mol. The van der Waals surface area contributed by atoms with E-state index in [1.54, 1.807) is 0 Å². The first-order chi connectivity index (χ1) is 6.79. The van der Waals surface area contributed by atoms with Crippen molar-refractivity contribution in [2.45, 2.75) is 12.2 Å². The summed E-state index contributed by atoms with van der Waals surface area (Å²) >= 11 is 5.37. The van der Waals surface area contributed by atoms with Crippen LogP contribution in [0.2, 0.25) is 0 Å². The smallest absolute Gasteiger partial charge is 0.0980 e. The fourth-order valence-electron chi connectivity index (χ4n) is 1.35. The van der Waals surface area contributed by atoms with Crippen LogP contribution < -0.4 is 0 Å². The Bertz CT molecular complexity index is 345. The lowest BCUT2D eigenvalue weighted by atomic mass is 10.2. The van der Waals surface area contributed by atoms with Crippen molar-refractivity contribution in [3.05, 3.63) is 35.4 Å². The Kier molecular flexibility index (Phi) is 3.29. The summed E-state index contributed by atoms with van der Waals surface area (Å²) in [4.78, 5) is 4.54. The third kappa shape index (κ3) is 2.20. The van der Waals surface area contributed by atoms with Crippen LogP contribution in [0.15, 0.2) is 29.3 Å². The molecule has 1 heterocycles. The van der Waals surface area contributed by atoms with Crippen LogP contribution in [0.4, 0.5) is 0 Å². The highest BCUT2D eigenvalue weighted by Crippen LogP contribution is 2.26. The van der Waals surface area contributed by atoms with Crippen LogP contribution in [0.5, 0.6) is 0 Å². The second-order valence-corrected chi connectivity index (χ2v) is 5.34. The van der Waals surface area contributed by atoms with E-state index in [-0.39, 0.29) is 0 Å². The van der Waals surface area contributed by atoms with Crippen LogP contribution in [0, 0.1) is 6.92 Å². The van der Waals surface area contributed by atoms with Crippen molar-refractivity contribution in [2.24, 2.45) is 4.99 Å². The summed E-state index contributed by atoms with van der Waals surface area (Å²) in [5, 5.41) is 2.83. The van der Waals surface area contributed by atoms with Gasteiger partial charge in [0, 0.05) is 16.1 Å². The molecule has 1 nitrogen and oxygen atoms in total. The lowest BCUT2D eigenvalue weighted by Crippen LogP contribution is -2.03. The number of nitrogens with zero attached hydrogens (tertiary/aromatic N) is 1. The number of hydrogen-bond donors (Lipinski definition) is 0. The van der Waals surface area contributed by atoms with Crippen molar-refractivity contribution in [2.75, 3.05) is 11.9 Å². The number of alkyl halides is 1. The Morgan fingerprint density at radius 2 is 2.14 bits per heavy atom. The standard InChI is InChI=1S/C11H12BrNS/c1-8-2-4-9(5-3-8)11-13-7-10(6-12)14-11/h2-5,10H,6-7H2,1H3. The molecule has 0 aromatic heterocycles. The molecule has 1 unspecified atom stereocenters. The van der Waals surface area contributed by atoms with Crippen molar-refractivity contribution >= 4 is 32.7 Å². The minimum absolute atomic E-state index is 0.617. The molecule has 0 N–H and O–H groups in total. The Morgan fingerprint density at radius 1 is 1.43 bits per heavy atom. The predicted molar refractivity (Wildman–Crippen MR) is 67.8 cm³/mol. The number of halogens is 1. The number of thioether (sulfide) groups is 1. The summed E-state index contributed by atoms with van der Waals surface area (Å²) in [6.07, 6.45) is 0. The molecule has 1 aromatic carbocycles. The van der Waals surface area contributed by atoms with Gasteiger partial charge >= 0.3 is 0 Å². The highest BCUT2D eigenvalue weighted by Gasteiger charge is 2.18. The Labute approximate surface area is 97.1 Å². The molecule has 1 aromatic rings. The van der Waals surface area contributed by atoms with E-state index in [2.05, 4.69) is 52.1 Å². The van der Waals surface area contributed by atoms with Gasteiger partial charge in [0.2, 0.25) is 0 Å². The molecule has 0 spiro atoms. The molecule has 74 valence electrons. The summed E-state index contributed by atoms with van der Waals surface area (Å²) in [5.41, 5.74) is 2.55. The molecule has 14 heavy (non-hydrogen) atoms. The highest BCUT2D eigenvalue weighted by atomic mass is 79.9. The van der Waals surface area contributed by atoms with Gasteiger partial charge in [-0.3, -0.25) is 4.99 Å². The largest absolute Gasteiger partial charge is 0.277 e. The minimum atomic E-state index is 0.617. The third-order valence-corrected chi connectivity index (χ3v) is 4.63. The quantitative estimate of drug-likeness (QED) is 0.751. The molecule has 0 amide bonds. The van der Waals surface area contributed by atoms with Gasteiger partial charge in [0.1, 0.15) is 0 Å². The van der Waals surface area contributed by atoms with E-state index in [1.165, 1.54) is 16.2 Å². The van der Waals surface area contributed by atoms with E-state index in [4.69, 9.17) is 0 Å². The van der Waals surface area contributed by atoms with E-state index in [9.17, 15) is 0 Å². The number of aliphatic imine (C=N–C) groups is 1. The molecule has 1 atom stereocenters. The molecule has 0 radical (unpaired) electrons. The van der Waals surface area contributed by atoms with Crippen molar-refractivity contribution < 1.29 is 0 Å². The second-order valence-electron chi connectivity index (χ2n) is 3.41. The SMILES string of the molecule is Cc1ccc(C2=NCC(CBr)S2)cc1. The van der Waals surface area contributed by atoms with Crippen LogP contribution in [0.3, 0.4) is 0 Å². The molecule has 1 aliphatic heterocycles. The van der Waals surface area contributed by atoms with Gasteiger partial charge < -0.3 is 0 Å². The van der Waals surface area contributed by atoms with E-state index < -0.39 is 0 Å². The molecule has 0 bridgehead atoms. The topological polar surface area (TPSA) is 12.4 Å². The van der Waals surface area contributed by atoms with Crippen LogP contribution in [-0.4, -0.2) is 22.2 Å². The van der Waals surface area contributed by atoms with Gasteiger partial charge in [0.15, 0.2) is 0 Å². The lowest BCUT2D eigenvalue weighted by Gasteiger charge is -2.03. The van der Waals surface area contributed by atoms with Crippen LogP contribution >= 0.6 is 27.7 Å². The first-order valence-corrected chi connectivity index (χ1v) is 6.64. The van der Waals surface area contributed by atoms with E-state index in [1.807, 2.05) is 11.8 Å². The summed E-state index contributed by atoms with van der Waals surface area (Å²) in [6, 6.07) is 8.58. The van der Waals surface area contributed by atoms with Crippen LogP contribution in [0.1, 0.15) is 11.1 Å². The van der Waals surface area contributed by atoms with Crippen molar-refractivity contribution in [1.82, 2.24) is 0 Å². The van der Waals surface area contributed by atoms with Crippen molar-refractivity contribution in [1.29, 1.82) is 0 Å². The van der Waals surface area contributed by atoms with Gasteiger partial charge in [0.05, 0.1) is 11.6 Å². The monoisotopic (exact) mass is 269 g/mol. The maximum absolute atomic E-state index is 4.54. The zero-order valence-corrected chi connectivity index (χ0v) is 10.4. The zero-order chi connectivity index (χ0) is 9.97. The third-order valence-electron chi connectivity index (χ3n) is 2.19. The Morgan fingerprint density at radius 3 is 2.71 bits per heavy atom. The average molecular weight is 270 g/mol. The van der Waals surface area contributed by atoms with E-state index in [0.717, 1.165) is 11.9 Å². The zero-order valence-electron chi connectivity index (χ0n) is 8.03. The van der Waals surface area contributed by atoms with Crippen molar-refractivity contribution in [3.63, 3.8) is 0 Å². The first-order valence-electron chi connectivity index (χ1n) is 4.63. The summed E-state index contributed by atoms with van der Waals surface area (Å²) in [5.74, 6) is 0. The van der Waals surface area contributed by atoms with Gasteiger partial charge in [-0.15, -0.1) is 11.8 Å². The molecule has 0 saturated heterocycles. The number of rotatable bonds is 2. The number of hydrogen-bond acceptors (Lipinski definition) is 2. The predicted octanol–water partition coefficient (Wildman–Crippen LogP) is 3.25. The fourth-order valence-corrected chi connectivity index (χ4v) is 2.90. The van der Waals surface area contributed by atoms with Gasteiger partial charge in [0.25, 0.3) is 0 Å². The fraction of sp³-hybridized carbons (Fsp3) is 0.364. The Balaban J connectivity index is 2.13. The number of aryl methyl sites for hydroxylation is 1. The van der Waals surface area contributed by atoms with Gasteiger partial charge in [-0.1, -0.05) is 45.8 Å². The van der Waals surface area contributed by atoms with Gasteiger partial charge in [-0.25, -0.2) is 0 Å². The van der Waals surface area contributed by atoms with Gasteiger partial charge in [-0.05, 0) is 6.92 Å². The van der Waals surface area contributed by atoms with E-state index in [0.29, 0.717) is 5.25 Å². The second kappa shape index (κ2) is 4.49. The molecule has 1 aliphatic rings. The minimum Gasteiger partial charge on any atom is -0.277 e. The maximum Gasteiger partial charge on any atom is 0.0980 e. The first kappa shape index (κ1) is 10.2. The lowest BCUT2D eigenvalue weighted by molar-refractivity contribution is 0.993.